The summed E-state index contributed by atoms with van der Waals surface area (Å²) in [6, 6.07) is 11.7. The summed E-state index contributed by atoms with van der Waals surface area (Å²) in [6.45, 7) is 0.333. The van der Waals surface area contributed by atoms with Crippen LogP contribution in [0.4, 0.5) is 4.39 Å². The topological polar surface area (TPSA) is 18.5 Å². The van der Waals surface area contributed by atoms with Crippen molar-refractivity contribution < 1.29 is 13.9 Å². The van der Waals surface area contributed by atoms with Crippen molar-refractivity contribution in [2.24, 2.45) is 0 Å². The predicted molar refractivity (Wildman–Crippen MR) is 71.4 cm³/mol. The minimum absolute atomic E-state index is 0.310. The van der Waals surface area contributed by atoms with Gasteiger partial charge >= 0.3 is 0 Å². The fourth-order valence-electron chi connectivity index (χ4n) is 1.56. The third-order valence-corrected chi connectivity index (χ3v) is 2.93. The van der Waals surface area contributed by atoms with Crippen LogP contribution in [-0.2, 0) is 6.61 Å². The molecule has 2 nitrogen and oxygen atoms in total. The summed E-state index contributed by atoms with van der Waals surface area (Å²) in [5.74, 6) is 0.927. The Morgan fingerprint density at radius 2 is 2.00 bits per heavy atom. The molecule has 0 aliphatic heterocycles. The van der Waals surface area contributed by atoms with Gasteiger partial charge < -0.3 is 9.47 Å². The van der Waals surface area contributed by atoms with E-state index >= 15 is 0 Å². The number of hydrogen-bond acceptors (Lipinski definition) is 2. The van der Waals surface area contributed by atoms with Gasteiger partial charge in [-0.05, 0) is 24.3 Å². The monoisotopic (exact) mass is 310 g/mol. The molecule has 0 spiro atoms. The Balaban J connectivity index is 2.10. The van der Waals surface area contributed by atoms with E-state index in [1.165, 1.54) is 12.1 Å². The maximum atomic E-state index is 13.0. The summed E-state index contributed by atoms with van der Waals surface area (Å²) in [6.07, 6.45) is 0. The van der Waals surface area contributed by atoms with Crippen molar-refractivity contribution in [1.29, 1.82) is 0 Å². The Labute approximate surface area is 113 Å². The van der Waals surface area contributed by atoms with Gasteiger partial charge in [0.25, 0.3) is 0 Å². The average molecular weight is 311 g/mol. The molecule has 0 aliphatic carbocycles. The van der Waals surface area contributed by atoms with Gasteiger partial charge in [0, 0.05) is 16.1 Å². The average Bonchev–Trinajstić information content (AvgIpc) is 2.37. The first-order valence-corrected chi connectivity index (χ1v) is 6.19. The molecule has 0 amide bonds. The minimum atomic E-state index is -0.310. The third-order valence-electron chi connectivity index (χ3n) is 2.44. The molecule has 0 N–H and O–H groups in total. The molecule has 0 bridgehead atoms. The van der Waals surface area contributed by atoms with Crippen molar-refractivity contribution in [3.05, 3.63) is 58.3 Å². The zero-order chi connectivity index (χ0) is 13.0. The van der Waals surface area contributed by atoms with E-state index in [1.54, 1.807) is 19.2 Å². The molecule has 0 heterocycles. The van der Waals surface area contributed by atoms with E-state index < -0.39 is 0 Å². The highest BCUT2D eigenvalue weighted by Crippen LogP contribution is 2.25. The van der Waals surface area contributed by atoms with Gasteiger partial charge in [0.1, 0.15) is 23.9 Å². The number of ether oxygens (including phenoxy) is 2. The fraction of sp³-hybridized carbons (Fsp3) is 0.143. The molecular formula is C14H12BrFO2. The van der Waals surface area contributed by atoms with Crippen LogP contribution in [0.3, 0.4) is 0 Å². The highest BCUT2D eigenvalue weighted by Gasteiger charge is 2.05. The van der Waals surface area contributed by atoms with Gasteiger partial charge in [0.05, 0.1) is 7.11 Å². The first-order chi connectivity index (χ1) is 8.69. The predicted octanol–water partition coefficient (Wildman–Crippen LogP) is 4.18. The van der Waals surface area contributed by atoms with Crippen LogP contribution in [0.15, 0.2) is 46.9 Å². The van der Waals surface area contributed by atoms with Gasteiger partial charge in [-0.3, -0.25) is 0 Å². The van der Waals surface area contributed by atoms with Gasteiger partial charge in [-0.15, -0.1) is 0 Å². The lowest BCUT2D eigenvalue weighted by molar-refractivity contribution is 0.295. The fourth-order valence-corrected chi connectivity index (χ4v) is 1.90. The molecule has 18 heavy (non-hydrogen) atoms. The molecule has 0 fully saturated rings. The summed E-state index contributed by atoms with van der Waals surface area (Å²) >= 11 is 3.37. The van der Waals surface area contributed by atoms with E-state index in [-0.39, 0.29) is 5.82 Å². The second-order valence-corrected chi connectivity index (χ2v) is 4.62. The van der Waals surface area contributed by atoms with E-state index in [2.05, 4.69) is 15.9 Å². The van der Waals surface area contributed by atoms with Crippen molar-refractivity contribution in [2.45, 2.75) is 6.61 Å². The Morgan fingerprint density at radius 1 is 1.17 bits per heavy atom. The molecule has 0 unspecified atom stereocenters. The second kappa shape index (κ2) is 5.87. The number of methoxy groups -OCH3 is 1. The number of benzene rings is 2. The van der Waals surface area contributed by atoms with Crippen LogP contribution in [0, 0.1) is 5.82 Å². The van der Waals surface area contributed by atoms with Crippen LogP contribution < -0.4 is 9.47 Å². The highest BCUT2D eigenvalue weighted by atomic mass is 79.9. The van der Waals surface area contributed by atoms with Crippen molar-refractivity contribution in [1.82, 2.24) is 0 Å². The number of halogens is 2. The lowest BCUT2D eigenvalue weighted by Crippen LogP contribution is -1.98. The zero-order valence-electron chi connectivity index (χ0n) is 9.82. The number of hydrogen-bond donors (Lipinski definition) is 0. The summed E-state index contributed by atoms with van der Waals surface area (Å²) in [5, 5.41) is 0. The molecule has 2 rings (SSSR count). The molecule has 0 aromatic heterocycles. The Bertz CT molecular complexity index is 543. The Morgan fingerprint density at radius 3 is 2.72 bits per heavy atom. The lowest BCUT2D eigenvalue weighted by Gasteiger charge is -2.10. The van der Waals surface area contributed by atoms with Crippen molar-refractivity contribution in [3.63, 3.8) is 0 Å². The molecule has 2 aromatic rings. The molecule has 0 aliphatic rings. The SMILES string of the molecule is COc1cc(Br)ccc1COc1cccc(F)c1. The normalized spacial score (nSPS) is 10.2. The van der Waals surface area contributed by atoms with E-state index in [0.717, 1.165) is 15.8 Å². The second-order valence-electron chi connectivity index (χ2n) is 3.70. The molecule has 2 aromatic carbocycles. The third kappa shape index (κ3) is 3.23. The van der Waals surface area contributed by atoms with Crippen LogP contribution in [0.2, 0.25) is 0 Å². The van der Waals surface area contributed by atoms with Crippen LogP contribution in [0.5, 0.6) is 11.5 Å². The molecule has 0 saturated carbocycles. The van der Waals surface area contributed by atoms with E-state index in [4.69, 9.17) is 9.47 Å². The van der Waals surface area contributed by atoms with Crippen LogP contribution in [0.1, 0.15) is 5.56 Å². The highest BCUT2D eigenvalue weighted by molar-refractivity contribution is 9.10. The molecule has 4 heteroatoms. The Hall–Kier alpha value is -1.55. The van der Waals surface area contributed by atoms with E-state index in [1.807, 2.05) is 18.2 Å². The standard InChI is InChI=1S/C14H12BrFO2/c1-17-14-7-11(15)6-5-10(14)9-18-13-4-2-3-12(16)8-13/h2-8H,9H2,1H3. The zero-order valence-corrected chi connectivity index (χ0v) is 11.4. The Kier molecular flexibility index (Phi) is 4.20. The van der Waals surface area contributed by atoms with Crippen LogP contribution in [0.25, 0.3) is 0 Å². The molecule has 0 radical (unpaired) electrons. The summed E-state index contributed by atoms with van der Waals surface area (Å²) in [7, 11) is 1.60. The van der Waals surface area contributed by atoms with Gasteiger partial charge in [-0.2, -0.15) is 0 Å². The van der Waals surface area contributed by atoms with Crippen molar-refractivity contribution in [3.8, 4) is 11.5 Å². The van der Waals surface area contributed by atoms with Crippen molar-refractivity contribution >= 4 is 15.9 Å². The first kappa shape index (κ1) is 12.9. The molecule has 0 saturated heterocycles. The smallest absolute Gasteiger partial charge is 0.126 e. The van der Waals surface area contributed by atoms with Gasteiger partial charge in [0.15, 0.2) is 0 Å². The van der Waals surface area contributed by atoms with Gasteiger partial charge in [0.2, 0.25) is 0 Å². The van der Waals surface area contributed by atoms with Crippen LogP contribution >= 0.6 is 15.9 Å². The maximum absolute atomic E-state index is 13.0. The summed E-state index contributed by atoms with van der Waals surface area (Å²) in [4.78, 5) is 0. The first-order valence-electron chi connectivity index (χ1n) is 5.40. The largest absolute Gasteiger partial charge is 0.496 e. The van der Waals surface area contributed by atoms with E-state index in [0.29, 0.717) is 12.4 Å². The molecular weight excluding hydrogens is 299 g/mol. The summed E-state index contributed by atoms with van der Waals surface area (Å²) < 4.78 is 24.7. The number of rotatable bonds is 4. The van der Waals surface area contributed by atoms with E-state index in [9.17, 15) is 4.39 Å². The summed E-state index contributed by atoms with van der Waals surface area (Å²) in [5.41, 5.74) is 0.907. The molecule has 94 valence electrons. The molecule has 0 atom stereocenters. The quantitative estimate of drug-likeness (QED) is 0.843. The van der Waals surface area contributed by atoms with Gasteiger partial charge in [-0.1, -0.05) is 28.1 Å². The maximum Gasteiger partial charge on any atom is 0.126 e. The lowest BCUT2D eigenvalue weighted by atomic mass is 10.2. The minimum Gasteiger partial charge on any atom is -0.496 e. The van der Waals surface area contributed by atoms with Crippen molar-refractivity contribution in [2.75, 3.05) is 7.11 Å². The van der Waals surface area contributed by atoms with Gasteiger partial charge in [-0.25, -0.2) is 4.39 Å². The van der Waals surface area contributed by atoms with Crippen LogP contribution in [-0.4, -0.2) is 7.11 Å².